The Kier molecular flexibility index (Phi) is 2.35. The largest absolute Gasteiger partial charge is 0.507 e. The van der Waals surface area contributed by atoms with Crippen molar-refractivity contribution in [2.75, 3.05) is 4.90 Å². The van der Waals surface area contributed by atoms with E-state index in [1.165, 1.54) is 0 Å². The number of nitrogens with zero attached hydrogens (tertiary/aromatic N) is 1. The van der Waals surface area contributed by atoms with E-state index in [2.05, 4.69) is 0 Å². The third kappa shape index (κ3) is 1.42. The third-order valence-electron chi connectivity index (χ3n) is 3.28. The maximum absolute atomic E-state index is 10.1. The van der Waals surface area contributed by atoms with Crippen LogP contribution in [-0.2, 0) is 0 Å². The van der Waals surface area contributed by atoms with Crippen molar-refractivity contribution in [2.45, 2.75) is 26.1 Å². The fraction of sp³-hybridized carbons (Fsp3) is 0.286. The van der Waals surface area contributed by atoms with Crippen LogP contribution in [0.4, 0.5) is 5.69 Å². The number of rotatable bonds is 1. The van der Waals surface area contributed by atoms with Crippen molar-refractivity contribution in [3.05, 3.63) is 35.8 Å². The standard InChI is InChI=1S/C14H15NO3/c1-8(2)15-13-9(7-11(16)14(15)17)3-4-12-10(13)5-6-18-12/h3-8,14,16-17H,1-2H3. The van der Waals surface area contributed by atoms with Crippen molar-refractivity contribution in [1.29, 1.82) is 0 Å². The molecule has 1 atom stereocenters. The zero-order valence-electron chi connectivity index (χ0n) is 10.3. The SMILES string of the molecule is CC(C)N1c2c(ccc3occc23)C=C(O)C1O. The van der Waals surface area contributed by atoms with Crippen molar-refractivity contribution >= 4 is 22.7 Å². The molecule has 4 heteroatoms. The van der Waals surface area contributed by atoms with Gasteiger partial charge in [0.1, 0.15) is 11.3 Å². The second kappa shape index (κ2) is 3.78. The molecule has 18 heavy (non-hydrogen) atoms. The highest BCUT2D eigenvalue weighted by Gasteiger charge is 2.30. The lowest BCUT2D eigenvalue weighted by Crippen LogP contribution is -2.43. The van der Waals surface area contributed by atoms with Gasteiger partial charge in [0.05, 0.1) is 12.0 Å². The highest BCUT2D eigenvalue weighted by Crippen LogP contribution is 2.38. The highest BCUT2D eigenvalue weighted by molar-refractivity contribution is 5.97. The molecule has 2 aromatic rings. The van der Waals surface area contributed by atoms with E-state index in [9.17, 15) is 10.2 Å². The molecule has 0 saturated heterocycles. The summed E-state index contributed by atoms with van der Waals surface area (Å²) < 4.78 is 5.38. The van der Waals surface area contributed by atoms with Gasteiger partial charge in [0, 0.05) is 17.0 Å². The van der Waals surface area contributed by atoms with Crippen LogP contribution in [0.5, 0.6) is 0 Å². The molecule has 3 rings (SSSR count). The van der Waals surface area contributed by atoms with Crippen LogP contribution in [0.3, 0.4) is 0 Å². The number of aliphatic hydroxyl groups excluding tert-OH is 2. The molecule has 2 heterocycles. The van der Waals surface area contributed by atoms with E-state index in [-0.39, 0.29) is 11.8 Å². The topological polar surface area (TPSA) is 56.8 Å². The first-order valence-corrected chi connectivity index (χ1v) is 5.97. The number of hydrogen-bond donors (Lipinski definition) is 2. The lowest BCUT2D eigenvalue weighted by molar-refractivity contribution is 0.143. The summed E-state index contributed by atoms with van der Waals surface area (Å²) in [4.78, 5) is 1.79. The molecule has 0 spiro atoms. The normalized spacial score (nSPS) is 19.2. The summed E-state index contributed by atoms with van der Waals surface area (Å²) >= 11 is 0. The van der Waals surface area contributed by atoms with Crippen LogP contribution in [0, 0.1) is 0 Å². The van der Waals surface area contributed by atoms with E-state index >= 15 is 0 Å². The average molecular weight is 245 g/mol. The molecule has 0 amide bonds. The maximum atomic E-state index is 10.1. The highest BCUT2D eigenvalue weighted by atomic mass is 16.3. The first-order valence-electron chi connectivity index (χ1n) is 5.97. The summed E-state index contributed by atoms with van der Waals surface area (Å²) in [6.07, 6.45) is 2.23. The Bertz CT molecular complexity index is 627. The fourth-order valence-corrected chi connectivity index (χ4v) is 2.49. The summed E-state index contributed by atoms with van der Waals surface area (Å²) in [5.41, 5.74) is 2.57. The molecule has 1 aromatic heterocycles. The zero-order chi connectivity index (χ0) is 12.9. The van der Waals surface area contributed by atoms with Crippen LogP contribution in [0.15, 0.2) is 34.6 Å². The second-order valence-electron chi connectivity index (χ2n) is 4.78. The van der Waals surface area contributed by atoms with Crippen molar-refractivity contribution < 1.29 is 14.6 Å². The maximum Gasteiger partial charge on any atom is 0.186 e. The first-order chi connectivity index (χ1) is 8.59. The van der Waals surface area contributed by atoms with Gasteiger partial charge in [-0.3, -0.25) is 0 Å². The molecule has 0 saturated carbocycles. The number of furan rings is 1. The molecule has 1 aliphatic heterocycles. The molecule has 1 unspecified atom stereocenters. The summed E-state index contributed by atoms with van der Waals surface area (Å²) in [6.45, 7) is 3.95. The lowest BCUT2D eigenvalue weighted by atomic mass is 10.0. The van der Waals surface area contributed by atoms with Gasteiger partial charge in [-0.15, -0.1) is 0 Å². The van der Waals surface area contributed by atoms with Gasteiger partial charge in [-0.05, 0) is 38.1 Å². The molecule has 1 aliphatic rings. The summed E-state index contributed by atoms with van der Waals surface area (Å²) in [5.74, 6) is -0.0287. The Morgan fingerprint density at radius 1 is 1.28 bits per heavy atom. The Hall–Kier alpha value is -1.94. The summed E-state index contributed by atoms with van der Waals surface area (Å²) in [5, 5.41) is 20.9. The third-order valence-corrected chi connectivity index (χ3v) is 3.28. The van der Waals surface area contributed by atoms with Crippen LogP contribution >= 0.6 is 0 Å². The molecular formula is C14H15NO3. The van der Waals surface area contributed by atoms with E-state index < -0.39 is 6.23 Å². The van der Waals surface area contributed by atoms with E-state index in [0.717, 1.165) is 22.2 Å². The number of benzene rings is 1. The number of anilines is 1. The molecule has 0 bridgehead atoms. The lowest BCUT2D eigenvalue weighted by Gasteiger charge is -2.37. The number of fused-ring (bicyclic) bond motifs is 3. The molecule has 0 fully saturated rings. The summed E-state index contributed by atoms with van der Waals surface area (Å²) in [7, 11) is 0. The van der Waals surface area contributed by atoms with E-state index in [1.54, 1.807) is 17.2 Å². The van der Waals surface area contributed by atoms with Crippen LogP contribution in [0.2, 0.25) is 0 Å². The minimum absolute atomic E-state index is 0.0287. The first kappa shape index (κ1) is 11.2. The van der Waals surface area contributed by atoms with Crippen molar-refractivity contribution in [3.8, 4) is 0 Å². The molecule has 0 radical (unpaired) electrons. The minimum Gasteiger partial charge on any atom is -0.507 e. The fourth-order valence-electron chi connectivity index (χ4n) is 2.49. The Balaban J connectivity index is 2.33. The van der Waals surface area contributed by atoms with E-state index in [0.29, 0.717) is 0 Å². The molecule has 2 N–H and O–H groups in total. The molecule has 94 valence electrons. The average Bonchev–Trinajstić information content (AvgIpc) is 2.78. The van der Waals surface area contributed by atoms with E-state index in [4.69, 9.17) is 4.42 Å². The van der Waals surface area contributed by atoms with Crippen LogP contribution < -0.4 is 4.90 Å². The van der Waals surface area contributed by atoms with Gasteiger partial charge in [-0.25, -0.2) is 0 Å². The zero-order valence-corrected chi connectivity index (χ0v) is 10.3. The monoisotopic (exact) mass is 245 g/mol. The quantitative estimate of drug-likeness (QED) is 0.811. The van der Waals surface area contributed by atoms with Gasteiger partial charge in [0.15, 0.2) is 6.23 Å². The summed E-state index contributed by atoms with van der Waals surface area (Å²) in [6, 6.07) is 5.70. The molecule has 4 nitrogen and oxygen atoms in total. The number of hydrogen-bond acceptors (Lipinski definition) is 4. The van der Waals surface area contributed by atoms with Crippen molar-refractivity contribution in [1.82, 2.24) is 0 Å². The van der Waals surface area contributed by atoms with Gasteiger partial charge in [0.2, 0.25) is 0 Å². The van der Waals surface area contributed by atoms with Crippen LogP contribution in [0.25, 0.3) is 17.0 Å². The smallest absolute Gasteiger partial charge is 0.186 e. The van der Waals surface area contributed by atoms with Gasteiger partial charge >= 0.3 is 0 Å². The Morgan fingerprint density at radius 3 is 2.78 bits per heavy atom. The molecule has 1 aromatic carbocycles. The van der Waals surface area contributed by atoms with Gasteiger partial charge < -0.3 is 19.5 Å². The predicted molar refractivity (Wildman–Crippen MR) is 70.4 cm³/mol. The van der Waals surface area contributed by atoms with Gasteiger partial charge in [0.25, 0.3) is 0 Å². The van der Waals surface area contributed by atoms with Gasteiger partial charge in [-0.1, -0.05) is 0 Å². The van der Waals surface area contributed by atoms with Crippen LogP contribution in [0.1, 0.15) is 19.4 Å². The molecule has 0 aliphatic carbocycles. The van der Waals surface area contributed by atoms with Crippen molar-refractivity contribution in [3.63, 3.8) is 0 Å². The van der Waals surface area contributed by atoms with Gasteiger partial charge in [-0.2, -0.15) is 0 Å². The van der Waals surface area contributed by atoms with Crippen molar-refractivity contribution in [2.24, 2.45) is 0 Å². The Labute approximate surface area is 105 Å². The predicted octanol–water partition coefficient (Wildman–Crippen LogP) is 2.88. The second-order valence-corrected chi connectivity index (χ2v) is 4.78. The van der Waals surface area contributed by atoms with Crippen LogP contribution in [-0.4, -0.2) is 22.5 Å². The minimum atomic E-state index is -1.00. The molecular weight excluding hydrogens is 230 g/mol. The number of aliphatic hydroxyl groups is 2. The van der Waals surface area contributed by atoms with E-state index in [1.807, 2.05) is 32.0 Å². The Morgan fingerprint density at radius 2 is 2.06 bits per heavy atom.